The predicted molar refractivity (Wildman–Crippen MR) is 64.8 cm³/mol. The molecule has 2 heterocycles. The molecular weight excluding hydrogens is 248 g/mol. The van der Waals surface area contributed by atoms with Gasteiger partial charge in [0.25, 0.3) is 0 Å². The summed E-state index contributed by atoms with van der Waals surface area (Å²) in [5.41, 5.74) is 1.83. The number of para-hydroxylation sites is 2. The van der Waals surface area contributed by atoms with E-state index in [0.717, 1.165) is 11.0 Å². The molecule has 0 aliphatic carbocycles. The van der Waals surface area contributed by atoms with Crippen molar-refractivity contribution >= 4 is 45.7 Å². The number of hydrogen-bond acceptors (Lipinski definition) is 3. The number of aromatic nitrogens is 2. The Morgan fingerprint density at radius 2 is 2.12 bits per heavy atom. The molecule has 0 fully saturated rings. The molecule has 0 spiro atoms. The molecule has 0 saturated heterocycles. The highest BCUT2D eigenvalue weighted by atomic mass is 35.5. The molecule has 0 aliphatic heterocycles. The van der Waals surface area contributed by atoms with Crippen molar-refractivity contribution in [3.8, 4) is 0 Å². The number of benzene rings is 1. The van der Waals surface area contributed by atoms with Crippen LogP contribution in [0.25, 0.3) is 16.0 Å². The number of fused-ring (bicyclic) bond motifs is 3. The molecule has 0 bridgehead atoms. The second kappa shape index (κ2) is 3.77. The van der Waals surface area contributed by atoms with Crippen molar-refractivity contribution in [3.63, 3.8) is 0 Å². The summed E-state index contributed by atoms with van der Waals surface area (Å²) < 4.78 is 1.81. The molecular formula is C10H7ClN2O2S. The first-order valence-electron chi connectivity index (χ1n) is 4.35. The first-order valence-corrected chi connectivity index (χ1v) is 5.17. The lowest BCUT2D eigenvalue weighted by atomic mass is 10.3. The summed E-state index contributed by atoms with van der Waals surface area (Å²) in [5, 5.41) is 8.85. The number of imidazole rings is 1. The molecule has 1 N–H and O–H groups in total. The molecule has 3 aromatic rings. The maximum absolute atomic E-state index is 10.8. The predicted octanol–water partition coefficient (Wildman–Crippen LogP) is 2.67. The zero-order chi connectivity index (χ0) is 10.4. The van der Waals surface area contributed by atoms with Crippen LogP contribution in [-0.4, -0.2) is 20.5 Å². The number of thiazole rings is 1. The van der Waals surface area contributed by atoms with Crippen LogP contribution in [-0.2, 0) is 0 Å². The number of hydrogen-bond donors (Lipinski definition) is 1. The van der Waals surface area contributed by atoms with Gasteiger partial charge in [-0.1, -0.05) is 23.5 Å². The van der Waals surface area contributed by atoms with Crippen LogP contribution in [0.15, 0.2) is 30.5 Å². The molecule has 0 atom stereocenters. The minimum Gasteiger partial charge on any atom is -0.477 e. The summed E-state index contributed by atoms with van der Waals surface area (Å²) in [6.45, 7) is 0. The van der Waals surface area contributed by atoms with Crippen LogP contribution in [0, 0.1) is 0 Å². The van der Waals surface area contributed by atoms with Gasteiger partial charge in [0.15, 0.2) is 4.96 Å². The number of nitrogens with zero attached hydrogens (tertiary/aromatic N) is 2. The van der Waals surface area contributed by atoms with Gasteiger partial charge < -0.3 is 5.11 Å². The quantitative estimate of drug-likeness (QED) is 0.726. The van der Waals surface area contributed by atoms with E-state index >= 15 is 0 Å². The molecule has 0 aliphatic rings. The summed E-state index contributed by atoms with van der Waals surface area (Å²) in [4.78, 5) is 16.1. The first kappa shape index (κ1) is 10.9. The van der Waals surface area contributed by atoms with Crippen LogP contribution in [0.3, 0.4) is 0 Å². The lowest BCUT2D eigenvalue weighted by molar-refractivity contribution is 0.0702. The molecule has 82 valence electrons. The van der Waals surface area contributed by atoms with E-state index in [1.165, 1.54) is 11.3 Å². The highest BCUT2D eigenvalue weighted by Crippen LogP contribution is 2.23. The molecule has 16 heavy (non-hydrogen) atoms. The Morgan fingerprint density at radius 1 is 1.38 bits per heavy atom. The summed E-state index contributed by atoms with van der Waals surface area (Å²) >= 11 is 1.18. The standard InChI is InChI=1S/C10H6N2O2S.ClH/c13-9(14)8-5-12-7-4-2-1-3-6(7)11-10(12)15-8;/h1-5H,(H,13,14);1H. The van der Waals surface area contributed by atoms with E-state index in [1.807, 2.05) is 28.7 Å². The van der Waals surface area contributed by atoms with Crippen molar-refractivity contribution in [2.24, 2.45) is 0 Å². The van der Waals surface area contributed by atoms with Gasteiger partial charge in [0.1, 0.15) is 4.88 Å². The van der Waals surface area contributed by atoms with Crippen LogP contribution in [0.1, 0.15) is 9.67 Å². The van der Waals surface area contributed by atoms with Gasteiger partial charge in [-0.25, -0.2) is 9.78 Å². The van der Waals surface area contributed by atoms with Crippen LogP contribution in [0.5, 0.6) is 0 Å². The number of halogens is 1. The maximum Gasteiger partial charge on any atom is 0.347 e. The Balaban J connectivity index is 0.000000963. The van der Waals surface area contributed by atoms with Crippen molar-refractivity contribution in [3.05, 3.63) is 35.3 Å². The van der Waals surface area contributed by atoms with E-state index in [4.69, 9.17) is 5.11 Å². The molecule has 0 radical (unpaired) electrons. The third-order valence-corrected chi connectivity index (χ3v) is 3.19. The largest absolute Gasteiger partial charge is 0.477 e. The Hall–Kier alpha value is -1.59. The third kappa shape index (κ3) is 1.45. The van der Waals surface area contributed by atoms with E-state index in [2.05, 4.69) is 4.98 Å². The highest BCUT2D eigenvalue weighted by Gasteiger charge is 2.11. The van der Waals surface area contributed by atoms with Crippen molar-refractivity contribution in [2.45, 2.75) is 0 Å². The fourth-order valence-corrected chi connectivity index (χ4v) is 2.40. The number of carboxylic acid groups (broad SMARTS) is 1. The second-order valence-electron chi connectivity index (χ2n) is 3.15. The molecule has 3 rings (SSSR count). The Kier molecular flexibility index (Phi) is 2.57. The third-order valence-electron chi connectivity index (χ3n) is 2.22. The fourth-order valence-electron chi connectivity index (χ4n) is 1.56. The van der Waals surface area contributed by atoms with Crippen molar-refractivity contribution < 1.29 is 9.90 Å². The fraction of sp³-hybridized carbons (Fsp3) is 0. The van der Waals surface area contributed by atoms with Gasteiger partial charge in [0.05, 0.1) is 11.0 Å². The molecule has 1 aromatic carbocycles. The van der Waals surface area contributed by atoms with Gasteiger partial charge in [-0.05, 0) is 12.1 Å². The SMILES string of the molecule is Cl.O=C(O)c1cn2c(nc3ccccc32)s1. The first-order chi connectivity index (χ1) is 7.25. The van der Waals surface area contributed by atoms with E-state index in [9.17, 15) is 4.79 Å². The normalized spacial score (nSPS) is 10.5. The monoisotopic (exact) mass is 254 g/mol. The van der Waals surface area contributed by atoms with Gasteiger partial charge in [0.2, 0.25) is 0 Å². The van der Waals surface area contributed by atoms with Crippen LogP contribution in [0.4, 0.5) is 0 Å². The maximum atomic E-state index is 10.8. The highest BCUT2D eigenvalue weighted by molar-refractivity contribution is 7.18. The Bertz CT molecular complexity index is 674. The Morgan fingerprint density at radius 3 is 2.88 bits per heavy atom. The van der Waals surface area contributed by atoms with Crippen molar-refractivity contribution in [1.29, 1.82) is 0 Å². The number of carboxylic acids is 1. The number of aromatic carboxylic acids is 1. The number of carbonyl (C=O) groups is 1. The van der Waals surface area contributed by atoms with Gasteiger partial charge in [-0.15, -0.1) is 12.4 Å². The minimum atomic E-state index is -0.908. The average molecular weight is 255 g/mol. The van der Waals surface area contributed by atoms with E-state index in [1.54, 1.807) is 6.20 Å². The molecule has 0 unspecified atom stereocenters. The van der Waals surface area contributed by atoms with Crippen LogP contribution in [0.2, 0.25) is 0 Å². The lowest BCUT2D eigenvalue weighted by Gasteiger charge is -1.87. The number of rotatable bonds is 1. The zero-order valence-electron chi connectivity index (χ0n) is 7.95. The second-order valence-corrected chi connectivity index (χ2v) is 4.16. The van der Waals surface area contributed by atoms with Gasteiger partial charge >= 0.3 is 5.97 Å². The minimum absolute atomic E-state index is 0. The van der Waals surface area contributed by atoms with E-state index < -0.39 is 5.97 Å². The van der Waals surface area contributed by atoms with Gasteiger partial charge in [-0.2, -0.15) is 0 Å². The van der Waals surface area contributed by atoms with E-state index in [-0.39, 0.29) is 12.4 Å². The van der Waals surface area contributed by atoms with Crippen LogP contribution < -0.4 is 0 Å². The zero-order valence-corrected chi connectivity index (χ0v) is 9.59. The average Bonchev–Trinajstić information content (AvgIpc) is 2.73. The molecule has 2 aromatic heterocycles. The molecule has 4 nitrogen and oxygen atoms in total. The summed E-state index contributed by atoms with van der Waals surface area (Å²) in [7, 11) is 0. The summed E-state index contributed by atoms with van der Waals surface area (Å²) in [6.07, 6.45) is 1.61. The molecule has 0 amide bonds. The van der Waals surface area contributed by atoms with Crippen molar-refractivity contribution in [2.75, 3.05) is 0 Å². The topological polar surface area (TPSA) is 54.6 Å². The lowest BCUT2D eigenvalue weighted by Crippen LogP contribution is -1.90. The summed E-state index contributed by atoms with van der Waals surface area (Å²) in [6, 6.07) is 7.66. The molecule has 0 saturated carbocycles. The van der Waals surface area contributed by atoms with Crippen LogP contribution >= 0.6 is 23.7 Å². The Labute approximate surface area is 101 Å². The molecule has 6 heteroatoms. The van der Waals surface area contributed by atoms with E-state index in [0.29, 0.717) is 9.84 Å². The van der Waals surface area contributed by atoms with Crippen molar-refractivity contribution in [1.82, 2.24) is 9.38 Å². The van der Waals surface area contributed by atoms with Gasteiger partial charge in [0, 0.05) is 6.20 Å². The summed E-state index contributed by atoms with van der Waals surface area (Å²) in [5.74, 6) is -0.908. The van der Waals surface area contributed by atoms with Gasteiger partial charge in [-0.3, -0.25) is 4.40 Å². The smallest absolute Gasteiger partial charge is 0.347 e.